The van der Waals surface area contributed by atoms with E-state index in [0.29, 0.717) is 32.2 Å². The van der Waals surface area contributed by atoms with Crippen LogP contribution >= 0.6 is 0 Å². The molecule has 104 valence electrons. The topological polar surface area (TPSA) is 123 Å². The van der Waals surface area contributed by atoms with Crippen LogP contribution in [0, 0.1) is 0 Å². The van der Waals surface area contributed by atoms with Crippen LogP contribution in [0.3, 0.4) is 0 Å². The standard InChI is InChI=1S/C11H16N4O4/c1-2-4-11(10(17)18)5-3-6-15(11)9(16)7-8(12)14-19-13-7/h2-6H2,1H3,(H2,12,14)(H,17,18). The number of nitrogens with two attached hydrogens (primary N) is 1. The fourth-order valence-corrected chi connectivity index (χ4v) is 2.65. The van der Waals surface area contributed by atoms with Crippen molar-refractivity contribution in [3.8, 4) is 0 Å². The largest absolute Gasteiger partial charge is 0.479 e. The number of amides is 1. The molecule has 1 aromatic rings. The van der Waals surface area contributed by atoms with E-state index in [4.69, 9.17) is 5.73 Å². The Balaban J connectivity index is 2.35. The van der Waals surface area contributed by atoms with Crippen LogP contribution in [-0.4, -0.2) is 44.3 Å². The molecular formula is C11H16N4O4. The van der Waals surface area contributed by atoms with Crippen molar-refractivity contribution in [1.82, 2.24) is 15.2 Å². The summed E-state index contributed by atoms with van der Waals surface area (Å²) in [5, 5.41) is 16.3. The maximum absolute atomic E-state index is 12.3. The number of carbonyl (C=O) groups is 2. The highest BCUT2D eigenvalue weighted by Crippen LogP contribution is 2.35. The lowest BCUT2D eigenvalue weighted by Crippen LogP contribution is -2.53. The second-order valence-electron chi connectivity index (χ2n) is 4.65. The number of anilines is 1. The Kier molecular flexibility index (Phi) is 3.41. The van der Waals surface area contributed by atoms with Gasteiger partial charge in [-0.3, -0.25) is 4.79 Å². The first kappa shape index (κ1) is 13.3. The van der Waals surface area contributed by atoms with Gasteiger partial charge in [0.1, 0.15) is 5.54 Å². The molecule has 8 nitrogen and oxygen atoms in total. The Bertz CT molecular complexity index is 501. The molecule has 0 radical (unpaired) electrons. The second-order valence-corrected chi connectivity index (χ2v) is 4.65. The van der Waals surface area contributed by atoms with Gasteiger partial charge in [0.15, 0.2) is 0 Å². The summed E-state index contributed by atoms with van der Waals surface area (Å²) < 4.78 is 4.39. The van der Waals surface area contributed by atoms with Gasteiger partial charge < -0.3 is 15.7 Å². The summed E-state index contributed by atoms with van der Waals surface area (Å²) in [6.07, 6.45) is 2.15. The van der Waals surface area contributed by atoms with Crippen LogP contribution in [0.5, 0.6) is 0 Å². The normalized spacial score (nSPS) is 22.7. The predicted octanol–water partition coefficient (Wildman–Crippen LogP) is 0.511. The van der Waals surface area contributed by atoms with Gasteiger partial charge in [-0.15, -0.1) is 0 Å². The zero-order valence-corrected chi connectivity index (χ0v) is 10.6. The molecule has 2 rings (SSSR count). The third-order valence-electron chi connectivity index (χ3n) is 3.51. The first-order chi connectivity index (χ1) is 9.03. The summed E-state index contributed by atoms with van der Waals surface area (Å²) in [5.74, 6) is -1.64. The third-order valence-corrected chi connectivity index (χ3v) is 3.51. The van der Waals surface area contributed by atoms with Crippen molar-refractivity contribution in [3.63, 3.8) is 0 Å². The van der Waals surface area contributed by atoms with E-state index in [2.05, 4.69) is 14.9 Å². The van der Waals surface area contributed by atoms with Crippen molar-refractivity contribution in [3.05, 3.63) is 5.69 Å². The van der Waals surface area contributed by atoms with E-state index in [0.717, 1.165) is 0 Å². The average molecular weight is 268 g/mol. The number of aliphatic carboxylic acids is 1. The average Bonchev–Trinajstić information content (AvgIpc) is 2.96. The molecule has 1 aromatic heterocycles. The lowest BCUT2D eigenvalue weighted by atomic mass is 9.90. The molecule has 3 N–H and O–H groups in total. The molecule has 1 aliphatic heterocycles. The quantitative estimate of drug-likeness (QED) is 0.815. The van der Waals surface area contributed by atoms with Gasteiger partial charge >= 0.3 is 5.97 Å². The Morgan fingerprint density at radius 1 is 1.53 bits per heavy atom. The van der Waals surface area contributed by atoms with Gasteiger partial charge in [0.05, 0.1) is 0 Å². The number of likely N-dealkylation sites (tertiary alicyclic amines) is 1. The van der Waals surface area contributed by atoms with E-state index in [-0.39, 0.29) is 11.5 Å². The number of carbonyl (C=O) groups excluding carboxylic acids is 1. The number of aromatic nitrogens is 2. The summed E-state index contributed by atoms with van der Waals surface area (Å²) in [4.78, 5) is 25.3. The van der Waals surface area contributed by atoms with Crippen molar-refractivity contribution in [1.29, 1.82) is 0 Å². The number of carboxylic acids is 1. The Labute approximate surface area is 109 Å². The van der Waals surface area contributed by atoms with Crippen LogP contribution in [0.25, 0.3) is 0 Å². The highest BCUT2D eigenvalue weighted by Gasteiger charge is 2.50. The molecule has 0 aliphatic carbocycles. The zero-order valence-electron chi connectivity index (χ0n) is 10.6. The molecule has 8 heteroatoms. The lowest BCUT2D eigenvalue weighted by Gasteiger charge is -2.34. The van der Waals surface area contributed by atoms with Crippen molar-refractivity contribution >= 4 is 17.7 Å². The van der Waals surface area contributed by atoms with Crippen molar-refractivity contribution in [2.45, 2.75) is 38.1 Å². The van der Waals surface area contributed by atoms with E-state index < -0.39 is 17.4 Å². The number of rotatable bonds is 4. The van der Waals surface area contributed by atoms with Gasteiger partial charge in [-0.25, -0.2) is 9.42 Å². The monoisotopic (exact) mass is 268 g/mol. The highest BCUT2D eigenvalue weighted by atomic mass is 16.6. The van der Waals surface area contributed by atoms with Crippen molar-refractivity contribution < 1.29 is 19.3 Å². The summed E-state index contributed by atoms with van der Waals surface area (Å²) in [6, 6.07) is 0. The molecular weight excluding hydrogens is 252 g/mol. The van der Waals surface area contributed by atoms with Crippen molar-refractivity contribution in [2.24, 2.45) is 0 Å². The molecule has 0 spiro atoms. The van der Waals surface area contributed by atoms with Gasteiger partial charge in [-0.05, 0) is 29.6 Å². The Morgan fingerprint density at radius 3 is 2.79 bits per heavy atom. The summed E-state index contributed by atoms with van der Waals surface area (Å²) >= 11 is 0. The van der Waals surface area contributed by atoms with E-state index >= 15 is 0 Å². The van der Waals surface area contributed by atoms with Gasteiger partial charge in [-0.2, -0.15) is 0 Å². The third kappa shape index (κ3) is 2.02. The predicted molar refractivity (Wildman–Crippen MR) is 64.3 cm³/mol. The van der Waals surface area contributed by atoms with Gasteiger partial charge in [-0.1, -0.05) is 13.3 Å². The minimum atomic E-state index is -1.17. The maximum atomic E-state index is 12.3. The van der Waals surface area contributed by atoms with Crippen LogP contribution in [0.4, 0.5) is 5.82 Å². The Morgan fingerprint density at radius 2 is 2.26 bits per heavy atom. The van der Waals surface area contributed by atoms with Crippen LogP contribution in [0.15, 0.2) is 4.63 Å². The highest BCUT2D eigenvalue weighted by molar-refractivity contribution is 5.99. The molecule has 0 aromatic carbocycles. The SMILES string of the molecule is CCCC1(C(=O)O)CCCN1C(=O)c1nonc1N. The van der Waals surface area contributed by atoms with E-state index in [1.807, 2.05) is 6.92 Å². The first-order valence-electron chi connectivity index (χ1n) is 6.16. The smallest absolute Gasteiger partial charge is 0.329 e. The number of carboxylic acid groups (broad SMARTS) is 1. The first-order valence-corrected chi connectivity index (χ1v) is 6.16. The fraction of sp³-hybridized carbons (Fsp3) is 0.636. The number of hydrogen-bond donors (Lipinski definition) is 2. The number of hydrogen-bond acceptors (Lipinski definition) is 6. The van der Waals surface area contributed by atoms with Crippen LogP contribution < -0.4 is 5.73 Å². The van der Waals surface area contributed by atoms with E-state index in [1.165, 1.54) is 4.90 Å². The van der Waals surface area contributed by atoms with Gasteiger partial charge in [0, 0.05) is 6.54 Å². The molecule has 1 fully saturated rings. The summed E-state index contributed by atoms with van der Waals surface area (Å²) in [5.41, 5.74) is 4.19. The molecule has 1 saturated heterocycles. The van der Waals surface area contributed by atoms with Crippen LogP contribution in [-0.2, 0) is 4.79 Å². The molecule has 0 bridgehead atoms. The van der Waals surface area contributed by atoms with Crippen molar-refractivity contribution in [2.75, 3.05) is 12.3 Å². The zero-order chi connectivity index (χ0) is 14.0. The van der Waals surface area contributed by atoms with Gasteiger partial charge in [0.25, 0.3) is 5.91 Å². The second kappa shape index (κ2) is 4.87. The minimum absolute atomic E-state index is 0.118. The lowest BCUT2D eigenvalue weighted by molar-refractivity contribution is -0.148. The molecule has 1 unspecified atom stereocenters. The number of nitrogen functional groups attached to an aromatic ring is 1. The van der Waals surface area contributed by atoms with Gasteiger partial charge in [0.2, 0.25) is 11.5 Å². The van der Waals surface area contributed by atoms with E-state index in [9.17, 15) is 14.7 Å². The summed E-state index contributed by atoms with van der Waals surface area (Å²) in [6.45, 7) is 2.26. The van der Waals surface area contributed by atoms with Crippen LogP contribution in [0.1, 0.15) is 43.1 Å². The number of nitrogens with zero attached hydrogens (tertiary/aromatic N) is 3. The molecule has 1 aliphatic rings. The summed E-state index contributed by atoms with van der Waals surface area (Å²) in [7, 11) is 0. The maximum Gasteiger partial charge on any atom is 0.329 e. The molecule has 1 amide bonds. The molecule has 1 atom stereocenters. The van der Waals surface area contributed by atoms with Crippen LogP contribution in [0.2, 0.25) is 0 Å². The molecule has 0 saturated carbocycles. The van der Waals surface area contributed by atoms with E-state index in [1.54, 1.807) is 0 Å². The molecule has 19 heavy (non-hydrogen) atoms. The molecule has 2 heterocycles. The Hall–Kier alpha value is -2.12. The fourth-order valence-electron chi connectivity index (χ4n) is 2.65. The minimum Gasteiger partial charge on any atom is -0.479 e.